The molecule has 0 N–H and O–H groups in total. The quantitative estimate of drug-likeness (QED) is 0.807. The van der Waals surface area contributed by atoms with Crippen molar-refractivity contribution < 1.29 is 9.59 Å². The van der Waals surface area contributed by atoms with E-state index < -0.39 is 0 Å². The van der Waals surface area contributed by atoms with E-state index in [1.54, 1.807) is 0 Å². The van der Waals surface area contributed by atoms with Gasteiger partial charge in [-0.05, 0) is 29.9 Å². The molecular formula is C22H24N2O2S. The zero-order valence-electron chi connectivity index (χ0n) is 15.3. The summed E-state index contributed by atoms with van der Waals surface area (Å²) < 4.78 is 0. The summed E-state index contributed by atoms with van der Waals surface area (Å²) in [6.45, 7) is 2.97. The van der Waals surface area contributed by atoms with Crippen molar-refractivity contribution in [1.82, 2.24) is 9.80 Å². The van der Waals surface area contributed by atoms with Gasteiger partial charge in [0, 0.05) is 38.0 Å². The molecule has 0 bridgehead atoms. The van der Waals surface area contributed by atoms with Crippen LogP contribution in [0.1, 0.15) is 34.5 Å². The van der Waals surface area contributed by atoms with E-state index >= 15 is 0 Å². The van der Waals surface area contributed by atoms with Gasteiger partial charge in [-0.2, -0.15) is 0 Å². The van der Waals surface area contributed by atoms with Crippen LogP contribution < -0.4 is 0 Å². The molecular weight excluding hydrogens is 356 g/mol. The molecule has 0 atom stereocenters. The van der Waals surface area contributed by atoms with Crippen molar-refractivity contribution in [3.63, 3.8) is 0 Å². The summed E-state index contributed by atoms with van der Waals surface area (Å²) in [6.07, 6.45) is 6.58. The van der Waals surface area contributed by atoms with Crippen molar-refractivity contribution in [3.05, 3.63) is 64.4 Å². The first-order valence-electron chi connectivity index (χ1n) is 9.47. The topological polar surface area (TPSA) is 40.6 Å². The Labute approximate surface area is 164 Å². The van der Waals surface area contributed by atoms with E-state index in [-0.39, 0.29) is 17.2 Å². The predicted octanol–water partition coefficient (Wildman–Crippen LogP) is 3.92. The van der Waals surface area contributed by atoms with Crippen LogP contribution in [0.4, 0.5) is 0 Å². The highest BCUT2D eigenvalue weighted by Crippen LogP contribution is 2.41. The fourth-order valence-corrected chi connectivity index (χ4v) is 4.79. The number of likely N-dealkylation sites (tertiary alicyclic amines) is 2. The van der Waals surface area contributed by atoms with Crippen LogP contribution in [0.5, 0.6) is 0 Å². The first kappa shape index (κ1) is 18.0. The molecule has 0 saturated carbocycles. The standard InChI is InChI=1S/C22H24N2O2S/c25-20-16-22(17-24(20)12-4-8-18-6-2-1-3-7-18)10-13-23(14-11-22)21(26)19-9-5-15-27-19/h1-9,15H,10-14,16-17H2/b8-4+. The van der Waals surface area contributed by atoms with Crippen molar-refractivity contribution >= 4 is 29.2 Å². The van der Waals surface area contributed by atoms with Gasteiger partial charge in [0.05, 0.1) is 4.88 Å². The first-order chi connectivity index (χ1) is 13.2. The fourth-order valence-electron chi connectivity index (χ4n) is 4.10. The number of carbonyl (C=O) groups is 2. The van der Waals surface area contributed by atoms with Crippen molar-refractivity contribution in [2.75, 3.05) is 26.2 Å². The highest BCUT2D eigenvalue weighted by atomic mass is 32.1. The Balaban J connectivity index is 1.32. The Morgan fingerprint density at radius 2 is 1.89 bits per heavy atom. The molecule has 0 aliphatic carbocycles. The maximum atomic E-state index is 12.5. The van der Waals surface area contributed by atoms with E-state index in [1.807, 2.05) is 45.5 Å². The van der Waals surface area contributed by atoms with Gasteiger partial charge in [0.15, 0.2) is 0 Å². The monoisotopic (exact) mass is 380 g/mol. The maximum absolute atomic E-state index is 12.5. The van der Waals surface area contributed by atoms with E-state index in [2.05, 4.69) is 24.3 Å². The van der Waals surface area contributed by atoms with E-state index in [9.17, 15) is 9.59 Å². The lowest BCUT2D eigenvalue weighted by molar-refractivity contribution is -0.127. The highest BCUT2D eigenvalue weighted by Gasteiger charge is 2.45. The van der Waals surface area contributed by atoms with Crippen LogP contribution in [-0.2, 0) is 4.79 Å². The molecule has 2 amide bonds. The maximum Gasteiger partial charge on any atom is 0.263 e. The van der Waals surface area contributed by atoms with E-state index in [0.29, 0.717) is 13.0 Å². The van der Waals surface area contributed by atoms with Gasteiger partial charge in [0.2, 0.25) is 5.91 Å². The molecule has 2 aliphatic heterocycles. The second-order valence-electron chi connectivity index (χ2n) is 7.53. The lowest BCUT2D eigenvalue weighted by atomic mass is 9.77. The minimum absolute atomic E-state index is 0.0455. The number of piperidine rings is 1. The van der Waals surface area contributed by atoms with Crippen molar-refractivity contribution in [2.24, 2.45) is 5.41 Å². The fraction of sp³-hybridized carbons (Fsp3) is 0.364. The Bertz CT molecular complexity index is 821. The molecule has 2 fully saturated rings. The van der Waals surface area contributed by atoms with Crippen LogP contribution >= 0.6 is 11.3 Å². The van der Waals surface area contributed by atoms with Gasteiger partial charge in [-0.25, -0.2) is 0 Å². The summed E-state index contributed by atoms with van der Waals surface area (Å²) >= 11 is 1.50. The number of hydrogen-bond acceptors (Lipinski definition) is 3. The Morgan fingerprint density at radius 3 is 2.59 bits per heavy atom. The van der Waals surface area contributed by atoms with Crippen LogP contribution in [0, 0.1) is 5.41 Å². The highest BCUT2D eigenvalue weighted by molar-refractivity contribution is 7.12. The van der Waals surface area contributed by atoms with Gasteiger partial charge >= 0.3 is 0 Å². The van der Waals surface area contributed by atoms with Crippen LogP contribution in [0.15, 0.2) is 53.9 Å². The molecule has 2 saturated heterocycles. The molecule has 1 spiro atoms. The summed E-state index contributed by atoms with van der Waals surface area (Å²) in [5.74, 6) is 0.373. The molecule has 2 aliphatic rings. The molecule has 1 aromatic carbocycles. The summed E-state index contributed by atoms with van der Waals surface area (Å²) in [7, 11) is 0. The molecule has 4 rings (SSSR count). The second-order valence-corrected chi connectivity index (χ2v) is 8.48. The molecule has 1 aromatic heterocycles. The van der Waals surface area contributed by atoms with Crippen LogP contribution in [0.2, 0.25) is 0 Å². The predicted molar refractivity (Wildman–Crippen MR) is 109 cm³/mol. The molecule has 140 valence electrons. The number of carbonyl (C=O) groups excluding carboxylic acids is 2. The summed E-state index contributed by atoms with van der Waals surface area (Å²) in [6, 6.07) is 14.0. The van der Waals surface area contributed by atoms with Crippen molar-refractivity contribution in [1.29, 1.82) is 0 Å². The van der Waals surface area contributed by atoms with Crippen LogP contribution in [-0.4, -0.2) is 47.8 Å². The Hall–Kier alpha value is -2.40. The third kappa shape index (κ3) is 3.98. The average Bonchev–Trinajstić information content (AvgIpc) is 3.32. The second kappa shape index (κ2) is 7.69. The average molecular weight is 381 g/mol. The molecule has 0 unspecified atom stereocenters. The van der Waals surface area contributed by atoms with Gasteiger partial charge in [0.1, 0.15) is 0 Å². The zero-order chi connectivity index (χ0) is 18.7. The number of rotatable bonds is 4. The SMILES string of the molecule is O=C1CC2(CCN(C(=O)c3cccs3)CC2)CN1C/C=C/c1ccccc1. The minimum atomic E-state index is 0.0455. The Morgan fingerprint density at radius 1 is 1.11 bits per heavy atom. The van der Waals surface area contributed by atoms with Crippen molar-refractivity contribution in [3.8, 4) is 0 Å². The molecule has 2 aromatic rings. The van der Waals surface area contributed by atoms with Gasteiger partial charge in [-0.1, -0.05) is 48.6 Å². The summed E-state index contributed by atoms with van der Waals surface area (Å²) in [5, 5.41) is 1.94. The molecule has 27 heavy (non-hydrogen) atoms. The van der Waals surface area contributed by atoms with Crippen LogP contribution in [0.25, 0.3) is 6.08 Å². The smallest absolute Gasteiger partial charge is 0.263 e. The van der Waals surface area contributed by atoms with Crippen LogP contribution in [0.3, 0.4) is 0 Å². The van der Waals surface area contributed by atoms with E-state index in [1.165, 1.54) is 11.3 Å². The van der Waals surface area contributed by atoms with Gasteiger partial charge in [-0.15, -0.1) is 11.3 Å². The number of nitrogens with zero attached hydrogens (tertiary/aromatic N) is 2. The summed E-state index contributed by atoms with van der Waals surface area (Å²) in [4.78, 5) is 29.7. The normalized spacial score (nSPS) is 19.3. The number of benzene rings is 1. The number of amides is 2. The summed E-state index contributed by atoms with van der Waals surface area (Å²) in [5.41, 5.74) is 1.20. The van der Waals surface area contributed by atoms with Gasteiger partial charge in [-0.3, -0.25) is 9.59 Å². The first-order valence-corrected chi connectivity index (χ1v) is 10.4. The van der Waals surface area contributed by atoms with Gasteiger partial charge in [0.25, 0.3) is 5.91 Å². The third-order valence-electron chi connectivity index (χ3n) is 5.68. The lowest BCUT2D eigenvalue weighted by Gasteiger charge is -2.38. The largest absolute Gasteiger partial charge is 0.338 e. The molecule has 0 radical (unpaired) electrons. The van der Waals surface area contributed by atoms with E-state index in [0.717, 1.165) is 42.9 Å². The Kier molecular flexibility index (Phi) is 5.12. The number of hydrogen-bond donors (Lipinski definition) is 0. The van der Waals surface area contributed by atoms with Crippen molar-refractivity contribution in [2.45, 2.75) is 19.3 Å². The minimum Gasteiger partial charge on any atom is -0.338 e. The zero-order valence-corrected chi connectivity index (χ0v) is 16.2. The molecule has 3 heterocycles. The molecule has 4 nitrogen and oxygen atoms in total. The lowest BCUT2D eigenvalue weighted by Crippen LogP contribution is -2.44. The molecule has 5 heteroatoms. The number of thiophene rings is 1. The van der Waals surface area contributed by atoms with E-state index in [4.69, 9.17) is 0 Å². The third-order valence-corrected chi connectivity index (χ3v) is 6.54. The van der Waals surface area contributed by atoms with Gasteiger partial charge < -0.3 is 9.80 Å².